The number of nitrogens with one attached hydrogen (secondary N) is 1. The summed E-state index contributed by atoms with van der Waals surface area (Å²) in [5, 5.41) is 12.2. The van der Waals surface area contributed by atoms with Gasteiger partial charge in [0, 0.05) is 22.1 Å². The third-order valence-corrected chi connectivity index (χ3v) is 3.81. The minimum atomic E-state index is 0.663. The number of hydrogen-bond donors (Lipinski definition) is 1. The van der Waals surface area contributed by atoms with E-state index in [-0.39, 0.29) is 0 Å². The van der Waals surface area contributed by atoms with Crippen molar-refractivity contribution in [3.8, 4) is 5.69 Å². The van der Waals surface area contributed by atoms with Gasteiger partial charge in [0.1, 0.15) is 0 Å². The molecule has 0 atom stereocenters. The summed E-state index contributed by atoms with van der Waals surface area (Å²) in [6.07, 6.45) is 4.31. The van der Waals surface area contributed by atoms with E-state index >= 15 is 0 Å². The first-order chi connectivity index (χ1) is 8.74. The summed E-state index contributed by atoms with van der Waals surface area (Å²) in [5.41, 5.74) is 1.94. The van der Waals surface area contributed by atoms with Gasteiger partial charge >= 0.3 is 0 Å². The van der Waals surface area contributed by atoms with Crippen molar-refractivity contribution in [1.29, 1.82) is 0 Å². The van der Waals surface area contributed by atoms with Crippen molar-refractivity contribution < 1.29 is 0 Å². The maximum atomic E-state index is 6.03. The number of benzene rings is 1. The Morgan fingerprint density at radius 3 is 3.06 bits per heavy atom. The van der Waals surface area contributed by atoms with Gasteiger partial charge in [0.05, 0.1) is 17.6 Å². The van der Waals surface area contributed by atoms with Crippen molar-refractivity contribution in [3.05, 3.63) is 39.6 Å². The van der Waals surface area contributed by atoms with E-state index in [4.69, 9.17) is 11.6 Å². The fourth-order valence-corrected chi connectivity index (χ4v) is 2.35. The number of rotatable bonds is 4. The third kappa shape index (κ3) is 2.58. The second-order valence-electron chi connectivity index (χ2n) is 4.39. The maximum Gasteiger partial charge on any atom is 0.0824 e. The Morgan fingerprint density at radius 2 is 2.28 bits per heavy atom. The van der Waals surface area contributed by atoms with Gasteiger partial charge in [-0.3, -0.25) is 0 Å². The van der Waals surface area contributed by atoms with Gasteiger partial charge < -0.3 is 5.32 Å². The highest BCUT2D eigenvalue weighted by Crippen LogP contribution is 2.25. The summed E-state index contributed by atoms with van der Waals surface area (Å²) in [7, 11) is 0. The average molecular weight is 328 g/mol. The topological polar surface area (TPSA) is 42.7 Å². The Balaban J connectivity index is 1.90. The highest BCUT2D eigenvalue weighted by Gasteiger charge is 2.21. The monoisotopic (exact) mass is 326 g/mol. The van der Waals surface area contributed by atoms with Crippen molar-refractivity contribution in [3.63, 3.8) is 0 Å². The Morgan fingerprint density at radius 1 is 1.44 bits per heavy atom. The molecule has 1 heterocycles. The molecule has 0 radical (unpaired) electrons. The zero-order valence-corrected chi connectivity index (χ0v) is 11.9. The SMILES string of the molecule is Clc1ccc(Br)c(-n2nncc2CNC2CC2)c1. The molecule has 1 fully saturated rings. The highest BCUT2D eigenvalue weighted by atomic mass is 79.9. The second kappa shape index (κ2) is 4.99. The predicted octanol–water partition coefficient (Wildman–Crippen LogP) is 2.94. The van der Waals surface area contributed by atoms with Crippen molar-refractivity contribution in [2.24, 2.45) is 0 Å². The summed E-state index contributed by atoms with van der Waals surface area (Å²) >= 11 is 9.54. The van der Waals surface area contributed by atoms with Crippen molar-refractivity contribution in [2.75, 3.05) is 0 Å². The van der Waals surface area contributed by atoms with Crippen LogP contribution in [0.5, 0.6) is 0 Å². The molecule has 0 amide bonds. The quantitative estimate of drug-likeness (QED) is 0.939. The third-order valence-electron chi connectivity index (χ3n) is 2.91. The summed E-state index contributed by atoms with van der Waals surface area (Å²) in [4.78, 5) is 0. The minimum Gasteiger partial charge on any atom is -0.308 e. The fraction of sp³-hybridized carbons (Fsp3) is 0.333. The molecule has 1 saturated carbocycles. The summed E-state index contributed by atoms with van der Waals surface area (Å²) in [6.45, 7) is 0.774. The van der Waals surface area contributed by atoms with E-state index in [1.165, 1.54) is 12.8 Å². The predicted molar refractivity (Wildman–Crippen MR) is 73.9 cm³/mol. The van der Waals surface area contributed by atoms with Gasteiger partial charge in [0.25, 0.3) is 0 Å². The van der Waals surface area contributed by atoms with E-state index in [1.807, 2.05) is 22.9 Å². The number of halogens is 2. The van der Waals surface area contributed by atoms with E-state index < -0.39 is 0 Å². The first-order valence-electron chi connectivity index (χ1n) is 5.82. The molecule has 94 valence electrons. The largest absolute Gasteiger partial charge is 0.308 e. The first-order valence-corrected chi connectivity index (χ1v) is 6.99. The fourth-order valence-electron chi connectivity index (χ4n) is 1.76. The normalized spacial score (nSPS) is 15.0. The molecule has 0 unspecified atom stereocenters. The molecule has 0 aliphatic heterocycles. The molecule has 1 N–H and O–H groups in total. The standard InChI is InChI=1S/C12H12BrClN4/c13-11-4-1-8(14)5-12(11)18-10(7-16-17-18)6-15-9-2-3-9/h1,4-5,7,9,15H,2-3,6H2. The molecule has 18 heavy (non-hydrogen) atoms. The van der Waals surface area contributed by atoms with Crippen LogP contribution in [0.1, 0.15) is 18.5 Å². The van der Waals surface area contributed by atoms with E-state index in [2.05, 4.69) is 31.6 Å². The molecule has 2 aromatic rings. The molecular formula is C12H12BrClN4. The van der Waals surface area contributed by atoms with Gasteiger partial charge in [-0.25, -0.2) is 4.68 Å². The lowest BCUT2D eigenvalue weighted by molar-refractivity contribution is 0.646. The highest BCUT2D eigenvalue weighted by molar-refractivity contribution is 9.10. The smallest absolute Gasteiger partial charge is 0.0824 e. The van der Waals surface area contributed by atoms with Crippen LogP contribution in [-0.4, -0.2) is 21.0 Å². The van der Waals surface area contributed by atoms with Gasteiger partial charge in [-0.05, 0) is 47.0 Å². The minimum absolute atomic E-state index is 0.663. The lowest BCUT2D eigenvalue weighted by Gasteiger charge is -2.09. The van der Waals surface area contributed by atoms with Crippen molar-refractivity contribution in [1.82, 2.24) is 20.3 Å². The molecular weight excluding hydrogens is 316 g/mol. The lowest BCUT2D eigenvalue weighted by Crippen LogP contribution is -2.18. The van der Waals surface area contributed by atoms with Crippen LogP contribution in [-0.2, 0) is 6.54 Å². The van der Waals surface area contributed by atoms with Crippen LogP contribution in [0.2, 0.25) is 5.02 Å². The van der Waals surface area contributed by atoms with Crippen molar-refractivity contribution in [2.45, 2.75) is 25.4 Å². The van der Waals surface area contributed by atoms with Crippen molar-refractivity contribution >= 4 is 27.5 Å². The van der Waals surface area contributed by atoms with Gasteiger partial charge in [-0.2, -0.15) is 0 Å². The second-order valence-corrected chi connectivity index (χ2v) is 5.68. The van der Waals surface area contributed by atoms with Crippen LogP contribution >= 0.6 is 27.5 Å². The van der Waals surface area contributed by atoms with Crippen LogP contribution in [0, 0.1) is 0 Å². The summed E-state index contributed by atoms with van der Waals surface area (Å²) < 4.78 is 2.76. The number of hydrogen-bond acceptors (Lipinski definition) is 3. The molecule has 1 aromatic carbocycles. The van der Waals surface area contributed by atoms with E-state index in [9.17, 15) is 0 Å². The molecule has 6 heteroatoms. The van der Waals surface area contributed by atoms with Gasteiger partial charge in [0.2, 0.25) is 0 Å². The molecule has 1 aromatic heterocycles. The zero-order chi connectivity index (χ0) is 12.5. The molecule has 1 aliphatic rings. The molecule has 3 rings (SSSR count). The Kier molecular flexibility index (Phi) is 3.37. The van der Waals surface area contributed by atoms with Gasteiger partial charge in [0.15, 0.2) is 0 Å². The van der Waals surface area contributed by atoms with Crippen LogP contribution in [0.25, 0.3) is 5.69 Å². The lowest BCUT2D eigenvalue weighted by atomic mass is 10.3. The number of aromatic nitrogens is 3. The van der Waals surface area contributed by atoms with Crippen LogP contribution in [0.3, 0.4) is 0 Å². The Bertz CT molecular complexity index is 565. The van der Waals surface area contributed by atoms with Gasteiger partial charge in [-0.1, -0.05) is 16.8 Å². The summed E-state index contributed by atoms with van der Waals surface area (Å²) in [5.74, 6) is 0. The molecule has 0 saturated heterocycles. The van der Waals surface area contributed by atoms with Gasteiger partial charge in [-0.15, -0.1) is 5.10 Å². The molecule has 1 aliphatic carbocycles. The Labute approximate surface area is 118 Å². The maximum absolute atomic E-state index is 6.03. The Hall–Kier alpha value is -0.910. The van der Waals surface area contributed by atoms with Crippen LogP contribution < -0.4 is 5.32 Å². The number of nitrogens with zero attached hydrogens (tertiary/aromatic N) is 3. The van der Waals surface area contributed by atoms with E-state index in [1.54, 1.807) is 6.20 Å². The zero-order valence-electron chi connectivity index (χ0n) is 9.61. The average Bonchev–Trinajstić information content (AvgIpc) is 3.08. The van der Waals surface area contributed by atoms with Crippen LogP contribution in [0.15, 0.2) is 28.9 Å². The first kappa shape index (κ1) is 12.1. The molecule has 4 nitrogen and oxygen atoms in total. The van der Waals surface area contributed by atoms with E-state index in [0.717, 1.165) is 22.4 Å². The molecule has 0 spiro atoms. The van der Waals surface area contributed by atoms with E-state index in [0.29, 0.717) is 11.1 Å². The molecule has 0 bridgehead atoms. The van der Waals surface area contributed by atoms with Crippen LogP contribution in [0.4, 0.5) is 0 Å². The summed E-state index contributed by atoms with van der Waals surface area (Å²) in [6, 6.07) is 6.29.